The lowest BCUT2D eigenvalue weighted by Gasteiger charge is -2.30. The van der Waals surface area contributed by atoms with Crippen molar-refractivity contribution in [3.63, 3.8) is 0 Å². The van der Waals surface area contributed by atoms with Crippen LogP contribution in [0, 0.1) is 5.82 Å². The molecule has 0 bridgehead atoms. The number of hydrogen-bond acceptors (Lipinski definition) is 1. The largest absolute Gasteiger partial charge is 0.302 e. The van der Waals surface area contributed by atoms with Crippen LogP contribution in [-0.4, -0.2) is 24.5 Å². The van der Waals surface area contributed by atoms with Gasteiger partial charge in [-0.15, -0.1) is 0 Å². The monoisotopic (exact) mass is 395 g/mol. The van der Waals surface area contributed by atoms with Crippen LogP contribution in [-0.2, 0) is 6.42 Å². The third kappa shape index (κ3) is 3.88. The maximum atomic E-state index is 13.1. The molecule has 2 heteroatoms. The van der Waals surface area contributed by atoms with Gasteiger partial charge in [-0.2, -0.15) is 0 Å². The third-order valence-electron chi connectivity index (χ3n) is 6.35. The Hall–Kier alpha value is -2.97. The van der Waals surface area contributed by atoms with Gasteiger partial charge < -0.3 is 4.90 Å². The first-order chi connectivity index (χ1) is 14.8. The number of piperidine rings is 1. The second-order valence-corrected chi connectivity index (χ2v) is 8.20. The van der Waals surface area contributed by atoms with Gasteiger partial charge in [0.25, 0.3) is 0 Å². The van der Waals surface area contributed by atoms with Crippen molar-refractivity contribution in [2.45, 2.75) is 19.3 Å². The molecule has 3 aromatic carbocycles. The Balaban J connectivity index is 1.38. The fourth-order valence-corrected chi connectivity index (χ4v) is 4.68. The van der Waals surface area contributed by atoms with Gasteiger partial charge in [-0.1, -0.05) is 78.4 Å². The van der Waals surface area contributed by atoms with Crippen molar-refractivity contribution in [2.24, 2.45) is 0 Å². The smallest absolute Gasteiger partial charge is 0.123 e. The fourth-order valence-electron chi connectivity index (χ4n) is 4.68. The molecule has 3 aromatic rings. The van der Waals surface area contributed by atoms with Gasteiger partial charge in [0.15, 0.2) is 0 Å². The van der Waals surface area contributed by atoms with Crippen molar-refractivity contribution in [3.05, 3.63) is 112 Å². The number of halogens is 1. The zero-order chi connectivity index (χ0) is 20.3. The summed E-state index contributed by atoms with van der Waals surface area (Å²) in [6.45, 7) is 3.19. The van der Waals surface area contributed by atoms with E-state index in [4.69, 9.17) is 0 Å². The van der Waals surface area contributed by atoms with Crippen molar-refractivity contribution < 1.29 is 4.39 Å². The number of likely N-dealkylation sites (tertiary alicyclic amines) is 1. The molecule has 1 heterocycles. The number of rotatable bonds is 3. The van der Waals surface area contributed by atoms with Gasteiger partial charge in [0, 0.05) is 19.6 Å². The van der Waals surface area contributed by atoms with Crippen LogP contribution in [0.4, 0.5) is 4.39 Å². The van der Waals surface area contributed by atoms with Gasteiger partial charge in [-0.25, -0.2) is 4.39 Å². The Labute approximate surface area is 178 Å². The summed E-state index contributed by atoms with van der Waals surface area (Å²) in [5.41, 5.74) is 9.52. The summed E-state index contributed by atoms with van der Waals surface area (Å²) in [6, 6.07) is 24.4. The van der Waals surface area contributed by atoms with Crippen LogP contribution in [0.25, 0.3) is 17.7 Å². The zero-order valence-electron chi connectivity index (χ0n) is 17.2. The molecule has 0 radical (unpaired) electrons. The van der Waals surface area contributed by atoms with E-state index in [0.717, 1.165) is 38.9 Å². The number of fused-ring (bicyclic) bond motifs is 2. The Morgan fingerprint density at radius 3 is 1.87 bits per heavy atom. The molecule has 5 rings (SSSR count). The Morgan fingerprint density at radius 2 is 1.27 bits per heavy atom. The van der Waals surface area contributed by atoms with Crippen LogP contribution in [0.15, 0.2) is 78.4 Å². The SMILES string of the molecule is Fc1ccc(CCN2CCC(=C3c4ccccc4C=Cc4ccccc43)CC2)cc1. The van der Waals surface area contributed by atoms with E-state index >= 15 is 0 Å². The number of nitrogens with zero attached hydrogens (tertiary/aromatic N) is 1. The molecule has 0 saturated carbocycles. The predicted octanol–water partition coefficient (Wildman–Crippen LogP) is 6.45. The standard InChI is InChI=1S/C28H26FN/c29-25-13-9-21(10-14-25)15-18-30-19-16-24(17-20-30)28-26-7-3-1-5-22(26)11-12-23-6-2-4-8-27(23)28/h1-14H,15-20H2. The van der Waals surface area contributed by atoms with E-state index < -0.39 is 0 Å². The lowest BCUT2D eigenvalue weighted by molar-refractivity contribution is 0.260. The first-order valence-electron chi connectivity index (χ1n) is 10.8. The third-order valence-corrected chi connectivity index (χ3v) is 6.35. The van der Waals surface area contributed by atoms with Crippen molar-refractivity contribution in [1.29, 1.82) is 0 Å². The molecule has 1 saturated heterocycles. The average Bonchev–Trinajstić information content (AvgIpc) is 2.96. The number of hydrogen-bond donors (Lipinski definition) is 0. The van der Waals surface area contributed by atoms with Crippen LogP contribution < -0.4 is 0 Å². The summed E-state index contributed by atoms with van der Waals surface area (Å²) >= 11 is 0. The van der Waals surface area contributed by atoms with Crippen molar-refractivity contribution in [3.8, 4) is 0 Å². The lowest BCUT2D eigenvalue weighted by atomic mass is 9.86. The molecule has 150 valence electrons. The molecule has 1 fully saturated rings. The summed E-state index contributed by atoms with van der Waals surface area (Å²) in [4.78, 5) is 2.54. The minimum atomic E-state index is -0.161. The van der Waals surface area contributed by atoms with Crippen LogP contribution in [0.3, 0.4) is 0 Å². The fraction of sp³-hybridized carbons (Fsp3) is 0.214. The Bertz CT molecular complexity index is 1050. The molecule has 0 aromatic heterocycles. The van der Waals surface area contributed by atoms with E-state index in [9.17, 15) is 4.39 Å². The molecule has 30 heavy (non-hydrogen) atoms. The Kier molecular flexibility index (Phi) is 5.33. The van der Waals surface area contributed by atoms with E-state index in [2.05, 4.69) is 65.6 Å². The molecule has 0 spiro atoms. The molecule has 0 N–H and O–H groups in total. The molecule has 0 atom stereocenters. The first kappa shape index (κ1) is 19.0. The summed E-state index contributed by atoms with van der Waals surface area (Å²) < 4.78 is 13.1. The second kappa shape index (κ2) is 8.41. The van der Waals surface area contributed by atoms with Crippen LogP contribution in [0.5, 0.6) is 0 Å². The highest BCUT2D eigenvalue weighted by Gasteiger charge is 2.22. The first-order valence-corrected chi connectivity index (χ1v) is 10.8. The van der Waals surface area contributed by atoms with Crippen LogP contribution in [0.2, 0.25) is 0 Å². The summed E-state index contributed by atoms with van der Waals surface area (Å²) in [5, 5.41) is 0. The topological polar surface area (TPSA) is 3.24 Å². The highest BCUT2D eigenvalue weighted by Crippen LogP contribution is 2.38. The molecule has 1 aliphatic heterocycles. The normalized spacial score (nSPS) is 16.2. The van der Waals surface area contributed by atoms with Crippen molar-refractivity contribution >= 4 is 17.7 Å². The quantitative estimate of drug-likeness (QED) is 0.385. The minimum Gasteiger partial charge on any atom is -0.302 e. The van der Waals surface area contributed by atoms with Gasteiger partial charge in [0.1, 0.15) is 5.82 Å². The zero-order valence-corrected chi connectivity index (χ0v) is 17.2. The van der Waals surface area contributed by atoms with Gasteiger partial charge in [0.2, 0.25) is 0 Å². The maximum absolute atomic E-state index is 13.1. The van der Waals surface area contributed by atoms with E-state index in [1.165, 1.54) is 33.4 Å². The molecular formula is C28H26FN. The lowest BCUT2D eigenvalue weighted by Crippen LogP contribution is -2.32. The van der Waals surface area contributed by atoms with Crippen molar-refractivity contribution in [1.82, 2.24) is 4.90 Å². The number of benzene rings is 3. The van der Waals surface area contributed by atoms with Gasteiger partial charge >= 0.3 is 0 Å². The van der Waals surface area contributed by atoms with Gasteiger partial charge in [0.05, 0.1) is 0 Å². The summed E-state index contributed by atoms with van der Waals surface area (Å²) in [7, 11) is 0. The molecule has 2 aliphatic rings. The molecule has 0 unspecified atom stereocenters. The maximum Gasteiger partial charge on any atom is 0.123 e. The highest BCUT2D eigenvalue weighted by atomic mass is 19.1. The van der Waals surface area contributed by atoms with Gasteiger partial charge in [-0.3, -0.25) is 0 Å². The predicted molar refractivity (Wildman–Crippen MR) is 124 cm³/mol. The van der Waals surface area contributed by atoms with Crippen LogP contribution in [0.1, 0.15) is 40.7 Å². The molecule has 1 nitrogen and oxygen atoms in total. The van der Waals surface area contributed by atoms with E-state index in [-0.39, 0.29) is 5.82 Å². The van der Waals surface area contributed by atoms with Crippen molar-refractivity contribution in [2.75, 3.05) is 19.6 Å². The van der Waals surface area contributed by atoms with E-state index in [1.54, 1.807) is 17.7 Å². The molecule has 0 amide bonds. The molecular weight excluding hydrogens is 369 g/mol. The second-order valence-electron chi connectivity index (χ2n) is 8.20. The highest BCUT2D eigenvalue weighted by molar-refractivity contribution is 5.94. The Morgan fingerprint density at radius 1 is 0.700 bits per heavy atom. The van der Waals surface area contributed by atoms with E-state index in [1.807, 2.05) is 12.1 Å². The van der Waals surface area contributed by atoms with Crippen LogP contribution >= 0.6 is 0 Å². The molecule has 1 aliphatic carbocycles. The summed E-state index contributed by atoms with van der Waals surface area (Å²) in [5.74, 6) is -0.161. The van der Waals surface area contributed by atoms with Gasteiger partial charge in [-0.05, 0) is 64.8 Å². The van der Waals surface area contributed by atoms with E-state index in [0.29, 0.717) is 0 Å². The minimum absolute atomic E-state index is 0.161. The summed E-state index contributed by atoms with van der Waals surface area (Å²) in [6.07, 6.45) is 7.67. The average molecular weight is 396 g/mol.